The minimum atomic E-state index is 0.179. The second-order valence-corrected chi connectivity index (χ2v) is 7.99. The van der Waals surface area contributed by atoms with Crippen LogP contribution in [0.2, 0.25) is 0 Å². The molecule has 3 rings (SSSR count). The highest BCUT2D eigenvalue weighted by Gasteiger charge is 2.26. The number of thiophene rings is 1. The maximum atomic E-state index is 12.6. The highest BCUT2D eigenvalue weighted by molar-refractivity contribution is 9.10. The first-order valence-electron chi connectivity index (χ1n) is 7.83. The molecule has 0 aliphatic carbocycles. The van der Waals surface area contributed by atoms with Crippen molar-refractivity contribution in [1.82, 2.24) is 9.80 Å². The van der Waals surface area contributed by atoms with Gasteiger partial charge in [-0.05, 0) is 48.1 Å². The van der Waals surface area contributed by atoms with E-state index >= 15 is 0 Å². The highest BCUT2D eigenvalue weighted by atomic mass is 79.9. The molecule has 1 aliphatic heterocycles. The van der Waals surface area contributed by atoms with Crippen LogP contribution in [0.1, 0.15) is 29.0 Å². The molecule has 0 N–H and O–H groups in total. The van der Waals surface area contributed by atoms with E-state index in [-0.39, 0.29) is 5.91 Å². The third-order valence-electron chi connectivity index (χ3n) is 4.50. The van der Waals surface area contributed by atoms with Gasteiger partial charge in [-0.3, -0.25) is 9.69 Å². The molecule has 0 saturated carbocycles. The van der Waals surface area contributed by atoms with Crippen LogP contribution in [0, 0.1) is 0 Å². The molecule has 0 fully saturated rings. The van der Waals surface area contributed by atoms with Crippen LogP contribution in [0.4, 0.5) is 0 Å². The van der Waals surface area contributed by atoms with Crippen molar-refractivity contribution in [3.63, 3.8) is 0 Å². The predicted molar refractivity (Wildman–Crippen MR) is 98.6 cm³/mol. The molecular formula is C18H21BrN2OS. The van der Waals surface area contributed by atoms with Crippen molar-refractivity contribution < 1.29 is 4.79 Å². The molecule has 23 heavy (non-hydrogen) atoms. The van der Waals surface area contributed by atoms with Gasteiger partial charge in [0, 0.05) is 35.5 Å². The Bertz CT molecular complexity index is 683. The van der Waals surface area contributed by atoms with Crippen LogP contribution < -0.4 is 0 Å². The fourth-order valence-electron chi connectivity index (χ4n) is 3.02. The molecule has 1 atom stereocenters. The van der Waals surface area contributed by atoms with Crippen LogP contribution in [0.25, 0.3) is 0 Å². The Kier molecular flexibility index (Phi) is 5.19. The first kappa shape index (κ1) is 16.7. The Morgan fingerprint density at radius 3 is 2.83 bits per heavy atom. The summed E-state index contributed by atoms with van der Waals surface area (Å²) in [5.74, 6) is 0.179. The zero-order valence-electron chi connectivity index (χ0n) is 13.5. The van der Waals surface area contributed by atoms with Crippen LogP contribution in [0.3, 0.4) is 0 Å². The van der Waals surface area contributed by atoms with E-state index in [0.29, 0.717) is 19.1 Å². The van der Waals surface area contributed by atoms with Gasteiger partial charge in [0.2, 0.25) is 5.91 Å². The molecule has 1 aromatic carbocycles. The van der Waals surface area contributed by atoms with Crippen LogP contribution in [0.15, 0.2) is 40.2 Å². The summed E-state index contributed by atoms with van der Waals surface area (Å²) >= 11 is 5.27. The van der Waals surface area contributed by atoms with E-state index in [0.717, 1.165) is 23.0 Å². The van der Waals surface area contributed by atoms with Crippen molar-refractivity contribution >= 4 is 33.2 Å². The summed E-state index contributed by atoms with van der Waals surface area (Å²) in [4.78, 5) is 18.1. The summed E-state index contributed by atoms with van der Waals surface area (Å²) in [5.41, 5.74) is 2.54. The lowest BCUT2D eigenvalue weighted by Gasteiger charge is -2.34. The van der Waals surface area contributed by atoms with E-state index in [9.17, 15) is 4.79 Å². The van der Waals surface area contributed by atoms with Gasteiger partial charge >= 0.3 is 0 Å². The van der Waals surface area contributed by atoms with E-state index in [1.54, 1.807) is 0 Å². The molecule has 1 aromatic heterocycles. The normalized spacial score (nSPS) is 17.8. The number of carbonyl (C=O) groups is 1. The molecule has 122 valence electrons. The van der Waals surface area contributed by atoms with Gasteiger partial charge in [0.15, 0.2) is 0 Å². The Morgan fingerprint density at radius 1 is 1.35 bits per heavy atom. The molecule has 5 heteroatoms. The lowest BCUT2D eigenvalue weighted by Crippen LogP contribution is -2.41. The second kappa shape index (κ2) is 7.16. The Balaban J connectivity index is 1.59. The van der Waals surface area contributed by atoms with Crippen molar-refractivity contribution in [2.24, 2.45) is 0 Å². The maximum absolute atomic E-state index is 12.6. The second-order valence-electron chi connectivity index (χ2n) is 6.07. The third kappa shape index (κ3) is 3.84. The average molecular weight is 393 g/mol. The standard InChI is InChI=1S/C18H21BrN2OS/c1-13-16-8-10-23-17(16)7-9-21(13)12-18(22)20(2)11-14-3-5-15(19)6-4-14/h3-6,8,10,13H,7,9,11-12H2,1-2H3. The first-order valence-corrected chi connectivity index (χ1v) is 9.50. The van der Waals surface area contributed by atoms with Crippen LogP contribution >= 0.6 is 27.3 Å². The lowest BCUT2D eigenvalue weighted by atomic mass is 10.0. The van der Waals surface area contributed by atoms with Gasteiger partial charge in [-0.1, -0.05) is 28.1 Å². The van der Waals surface area contributed by atoms with E-state index in [1.165, 1.54) is 10.4 Å². The van der Waals surface area contributed by atoms with Gasteiger partial charge in [-0.25, -0.2) is 0 Å². The highest BCUT2D eigenvalue weighted by Crippen LogP contribution is 2.32. The van der Waals surface area contributed by atoms with Crippen LogP contribution in [0.5, 0.6) is 0 Å². The summed E-state index contributed by atoms with van der Waals surface area (Å²) in [6.45, 7) is 4.31. The number of rotatable bonds is 4. The van der Waals surface area contributed by atoms with Gasteiger partial charge in [-0.15, -0.1) is 11.3 Å². The lowest BCUT2D eigenvalue weighted by molar-refractivity contribution is -0.132. The Hall–Kier alpha value is -1.17. The third-order valence-corrected chi connectivity index (χ3v) is 6.03. The quantitative estimate of drug-likeness (QED) is 0.781. The molecule has 3 nitrogen and oxygen atoms in total. The number of likely N-dealkylation sites (N-methyl/N-ethyl adjacent to an activating group) is 1. The average Bonchev–Trinajstić information content (AvgIpc) is 3.01. The molecule has 2 heterocycles. The molecule has 1 aliphatic rings. The summed E-state index contributed by atoms with van der Waals surface area (Å²) in [7, 11) is 1.88. The predicted octanol–water partition coefficient (Wildman–Crippen LogP) is 4.09. The number of fused-ring (bicyclic) bond motifs is 1. The zero-order valence-corrected chi connectivity index (χ0v) is 15.9. The van der Waals surface area contributed by atoms with Gasteiger partial charge in [0.25, 0.3) is 0 Å². The minimum Gasteiger partial charge on any atom is -0.340 e. The van der Waals surface area contributed by atoms with Gasteiger partial charge in [-0.2, -0.15) is 0 Å². The van der Waals surface area contributed by atoms with Crippen molar-refractivity contribution in [3.8, 4) is 0 Å². The summed E-state index contributed by atoms with van der Waals surface area (Å²) in [5, 5.41) is 2.16. The molecule has 0 saturated heterocycles. The summed E-state index contributed by atoms with van der Waals surface area (Å²) in [6, 6.07) is 10.7. The molecule has 0 spiro atoms. The van der Waals surface area contributed by atoms with Crippen LogP contribution in [-0.2, 0) is 17.8 Å². The molecule has 1 unspecified atom stereocenters. The molecule has 1 amide bonds. The fourth-order valence-corrected chi connectivity index (χ4v) is 4.25. The van der Waals surface area contributed by atoms with E-state index < -0.39 is 0 Å². The smallest absolute Gasteiger partial charge is 0.236 e. The van der Waals surface area contributed by atoms with Crippen molar-refractivity contribution in [2.75, 3.05) is 20.1 Å². The van der Waals surface area contributed by atoms with Crippen LogP contribution in [-0.4, -0.2) is 35.8 Å². The van der Waals surface area contributed by atoms with E-state index in [1.807, 2.05) is 35.4 Å². The molecule has 2 aromatic rings. The zero-order chi connectivity index (χ0) is 16.4. The molecule has 0 radical (unpaired) electrons. The number of hydrogen-bond acceptors (Lipinski definition) is 3. The van der Waals surface area contributed by atoms with Crippen molar-refractivity contribution in [3.05, 3.63) is 56.2 Å². The topological polar surface area (TPSA) is 23.6 Å². The van der Waals surface area contributed by atoms with Crippen molar-refractivity contribution in [1.29, 1.82) is 0 Å². The Labute approximate surface area is 150 Å². The minimum absolute atomic E-state index is 0.179. The molecule has 0 bridgehead atoms. The van der Waals surface area contributed by atoms with E-state index in [4.69, 9.17) is 0 Å². The number of benzene rings is 1. The van der Waals surface area contributed by atoms with E-state index in [2.05, 4.69) is 51.3 Å². The van der Waals surface area contributed by atoms with Gasteiger partial charge in [0.05, 0.1) is 6.54 Å². The number of nitrogens with zero attached hydrogens (tertiary/aromatic N) is 2. The van der Waals surface area contributed by atoms with Crippen molar-refractivity contribution in [2.45, 2.75) is 25.9 Å². The number of carbonyl (C=O) groups excluding carboxylic acids is 1. The van der Waals surface area contributed by atoms with Gasteiger partial charge in [0.1, 0.15) is 0 Å². The Morgan fingerprint density at radius 2 is 2.09 bits per heavy atom. The maximum Gasteiger partial charge on any atom is 0.236 e. The largest absolute Gasteiger partial charge is 0.340 e. The first-order chi connectivity index (χ1) is 11.0. The number of hydrogen-bond donors (Lipinski definition) is 0. The fraction of sp³-hybridized carbons (Fsp3) is 0.389. The monoisotopic (exact) mass is 392 g/mol. The number of halogens is 1. The molecular weight excluding hydrogens is 372 g/mol. The van der Waals surface area contributed by atoms with Gasteiger partial charge < -0.3 is 4.90 Å². The summed E-state index contributed by atoms with van der Waals surface area (Å²) in [6.07, 6.45) is 1.06. The SMILES string of the molecule is CC1c2ccsc2CCN1CC(=O)N(C)Cc1ccc(Br)cc1. The summed E-state index contributed by atoms with van der Waals surface area (Å²) < 4.78 is 1.06. The number of amides is 1.